The zero-order chi connectivity index (χ0) is 9.90. The molecule has 0 aliphatic carbocycles. The van der Waals surface area contributed by atoms with Gasteiger partial charge in [0.1, 0.15) is 0 Å². The number of alkyl halides is 2. The molecule has 0 aromatic heterocycles. The molecule has 0 aromatic carbocycles. The highest BCUT2D eigenvalue weighted by atomic mass is 19.3. The van der Waals surface area contributed by atoms with Crippen molar-refractivity contribution in [1.29, 1.82) is 0 Å². The molecule has 0 aromatic rings. The predicted octanol–water partition coefficient (Wildman–Crippen LogP) is 1.75. The summed E-state index contributed by atoms with van der Waals surface area (Å²) in [4.78, 5) is 1.75. The van der Waals surface area contributed by atoms with Crippen LogP contribution in [0.15, 0.2) is 0 Å². The maximum atomic E-state index is 12.7. The van der Waals surface area contributed by atoms with Gasteiger partial charge in [0, 0.05) is 19.5 Å². The Labute approximate surface area is 77.9 Å². The summed E-state index contributed by atoms with van der Waals surface area (Å²) in [5, 5.41) is 0. The van der Waals surface area contributed by atoms with E-state index in [1.165, 1.54) is 0 Å². The van der Waals surface area contributed by atoms with E-state index in [4.69, 9.17) is 4.74 Å². The zero-order valence-corrected chi connectivity index (χ0v) is 8.22. The molecule has 4 heteroatoms. The van der Waals surface area contributed by atoms with E-state index in [0.29, 0.717) is 19.7 Å². The van der Waals surface area contributed by atoms with Gasteiger partial charge in [-0.05, 0) is 13.8 Å². The molecule has 1 saturated heterocycles. The van der Waals surface area contributed by atoms with Crippen molar-refractivity contribution in [3.05, 3.63) is 0 Å². The molecule has 0 amide bonds. The van der Waals surface area contributed by atoms with Crippen molar-refractivity contribution in [2.45, 2.75) is 32.3 Å². The summed E-state index contributed by atoms with van der Waals surface area (Å²) < 4.78 is 30.7. The van der Waals surface area contributed by atoms with Crippen molar-refractivity contribution in [2.75, 3.05) is 26.2 Å². The van der Waals surface area contributed by atoms with Crippen molar-refractivity contribution in [3.8, 4) is 0 Å². The average molecular weight is 193 g/mol. The lowest BCUT2D eigenvalue weighted by atomic mass is 10.3. The van der Waals surface area contributed by atoms with E-state index >= 15 is 0 Å². The van der Waals surface area contributed by atoms with Crippen LogP contribution in [0, 0.1) is 0 Å². The first-order valence-electron chi connectivity index (χ1n) is 4.71. The first-order valence-corrected chi connectivity index (χ1v) is 4.71. The minimum absolute atomic E-state index is 0.00528. The number of halogens is 2. The van der Waals surface area contributed by atoms with Gasteiger partial charge in [0.2, 0.25) is 0 Å². The Hall–Kier alpha value is -0.220. The Morgan fingerprint density at radius 2 is 2.15 bits per heavy atom. The number of likely N-dealkylation sites (tertiary alicyclic amines) is 1. The predicted molar refractivity (Wildman–Crippen MR) is 47.1 cm³/mol. The molecule has 78 valence electrons. The molecule has 1 heterocycles. The Kier molecular flexibility index (Phi) is 3.62. The molecule has 0 N–H and O–H groups in total. The molecule has 0 spiro atoms. The van der Waals surface area contributed by atoms with Gasteiger partial charge in [0.25, 0.3) is 5.92 Å². The van der Waals surface area contributed by atoms with Crippen LogP contribution in [0.1, 0.15) is 20.3 Å². The lowest BCUT2D eigenvalue weighted by molar-refractivity contribution is 0.00636. The van der Waals surface area contributed by atoms with Gasteiger partial charge in [-0.3, -0.25) is 4.90 Å². The first-order chi connectivity index (χ1) is 5.99. The smallest absolute Gasteiger partial charge is 0.261 e. The third-order valence-electron chi connectivity index (χ3n) is 2.11. The summed E-state index contributed by atoms with van der Waals surface area (Å²) in [6, 6.07) is 0. The molecule has 1 aliphatic heterocycles. The van der Waals surface area contributed by atoms with E-state index in [0.717, 1.165) is 0 Å². The van der Waals surface area contributed by atoms with Crippen molar-refractivity contribution in [3.63, 3.8) is 0 Å². The summed E-state index contributed by atoms with van der Waals surface area (Å²) in [6.07, 6.45) is 0.178. The SMILES string of the molecule is CC(C)OCCN1CCC(F)(F)C1. The maximum absolute atomic E-state index is 12.7. The van der Waals surface area contributed by atoms with Crippen LogP contribution >= 0.6 is 0 Å². The van der Waals surface area contributed by atoms with Crippen molar-refractivity contribution in [1.82, 2.24) is 4.90 Å². The normalized spacial score (nSPS) is 22.8. The summed E-state index contributed by atoms with van der Waals surface area (Å²) >= 11 is 0. The second-order valence-electron chi connectivity index (χ2n) is 3.80. The van der Waals surface area contributed by atoms with Crippen molar-refractivity contribution < 1.29 is 13.5 Å². The first kappa shape index (κ1) is 10.9. The van der Waals surface area contributed by atoms with E-state index in [1.807, 2.05) is 13.8 Å². The number of rotatable bonds is 4. The summed E-state index contributed by atoms with van der Waals surface area (Å²) in [6.45, 7) is 5.45. The second kappa shape index (κ2) is 4.33. The minimum Gasteiger partial charge on any atom is -0.377 e. The fourth-order valence-electron chi connectivity index (χ4n) is 1.42. The third-order valence-corrected chi connectivity index (χ3v) is 2.11. The molecular formula is C9H17F2NO. The minimum atomic E-state index is -2.47. The highest BCUT2D eigenvalue weighted by Crippen LogP contribution is 2.26. The lowest BCUT2D eigenvalue weighted by Gasteiger charge is -2.16. The molecule has 0 unspecified atom stereocenters. The van der Waals surface area contributed by atoms with Gasteiger partial charge in [-0.15, -0.1) is 0 Å². The monoisotopic (exact) mass is 193 g/mol. The molecule has 2 nitrogen and oxygen atoms in total. The Balaban J connectivity index is 2.11. The Morgan fingerprint density at radius 3 is 2.62 bits per heavy atom. The van der Waals surface area contributed by atoms with E-state index in [9.17, 15) is 8.78 Å². The molecular weight excluding hydrogens is 176 g/mol. The van der Waals surface area contributed by atoms with Crippen LogP contribution in [0.5, 0.6) is 0 Å². The highest BCUT2D eigenvalue weighted by Gasteiger charge is 2.37. The summed E-state index contributed by atoms with van der Waals surface area (Å²) in [5.41, 5.74) is 0. The van der Waals surface area contributed by atoms with Crippen LogP contribution in [0.3, 0.4) is 0 Å². The van der Waals surface area contributed by atoms with Crippen LogP contribution in [0.2, 0.25) is 0 Å². The largest absolute Gasteiger partial charge is 0.377 e. The van der Waals surface area contributed by atoms with Gasteiger partial charge < -0.3 is 4.74 Å². The van der Waals surface area contributed by atoms with Crippen LogP contribution in [0.25, 0.3) is 0 Å². The van der Waals surface area contributed by atoms with Gasteiger partial charge in [-0.2, -0.15) is 0 Å². The summed E-state index contributed by atoms with van der Waals surface area (Å²) in [7, 11) is 0. The molecule has 0 atom stereocenters. The fourth-order valence-corrected chi connectivity index (χ4v) is 1.42. The van der Waals surface area contributed by atoms with E-state index < -0.39 is 5.92 Å². The van der Waals surface area contributed by atoms with Crippen LogP contribution in [-0.4, -0.2) is 43.2 Å². The van der Waals surface area contributed by atoms with Gasteiger partial charge in [-0.25, -0.2) is 8.78 Å². The Morgan fingerprint density at radius 1 is 1.46 bits per heavy atom. The number of hydrogen-bond acceptors (Lipinski definition) is 2. The number of nitrogens with zero attached hydrogens (tertiary/aromatic N) is 1. The number of hydrogen-bond donors (Lipinski definition) is 0. The topological polar surface area (TPSA) is 12.5 Å². The molecule has 1 aliphatic rings. The van der Waals surface area contributed by atoms with E-state index in [1.54, 1.807) is 4.90 Å². The molecule has 1 rings (SSSR count). The van der Waals surface area contributed by atoms with Gasteiger partial charge >= 0.3 is 0 Å². The van der Waals surface area contributed by atoms with Crippen LogP contribution in [-0.2, 0) is 4.74 Å². The number of ether oxygens (including phenoxy) is 1. The standard InChI is InChI=1S/C9H17F2NO/c1-8(2)13-6-5-12-4-3-9(10,11)7-12/h8H,3-7H2,1-2H3. The zero-order valence-electron chi connectivity index (χ0n) is 8.22. The third kappa shape index (κ3) is 4.00. The van der Waals surface area contributed by atoms with Crippen LogP contribution < -0.4 is 0 Å². The lowest BCUT2D eigenvalue weighted by Crippen LogP contribution is -2.29. The second-order valence-corrected chi connectivity index (χ2v) is 3.80. The van der Waals surface area contributed by atoms with E-state index in [2.05, 4.69) is 0 Å². The van der Waals surface area contributed by atoms with Gasteiger partial charge in [-0.1, -0.05) is 0 Å². The molecule has 0 saturated carbocycles. The Bertz CT molecular complexity index is 162. The fraction of sp³-hybridized carbons (Fsp3) is 1.00. The van der Waals surface area contributed by atoms with Crippen LogP contribution in [0.4, 0.5) is 8.78 Å². The molecule has 13 heavy (non-hydrogen) atoms. The van der Waals surface area contributed by atoms with Gasteiger partial charge in [0.05, 0.1) is 19.3 Å². The quantitative estimate of drug-likeness (QED) is 0.674. The highest BCUT2D eigenvalue weighted by molar-refractivity contribution is 4.81. The van der Waals surface area contributed by atoms with Crippen molar-refractivity contribution >= 4 is 0 Å². The van der Waals surface area contributed by atoms with Gasteiger partial charge in [0.15, 0.2) is 0 Å². The van der Waals surface area contributed by atoms with Crippen molar-refractivity contribution in [2.24, 2.45) is 0 Å². The molecule has 1 fully saturated rings. The summed E-state index contributed by atoms with van der Waals surface area (Å²) in [5.74, 6) is -2.47. The average Bonchev–Trinajstić information content (AvgIpc) is 2.29. The van der Waals surface area contributed by atoms with E-state index in [-0.39, 0.29) is 19.1 Å². The molecule has 0 radical (unpaired) electrons. The molecule has 0 bridgehead atoms. The maximum Gasteiger partial charge on any atom is 0.261 e.